The molecule has 1 aromatic carbocycles. The molecule has 1 N–H and O–H groups in total. The number of methoxy groups -OCH3 is 1. The first-order valence-corrected chi connectivity index (χ1v) is 7.03. The molecule has 0 fully saturated rings. The Labute approximate surface area is 126 Å². The van der Waals surface area contributed by atoms with Gasteiger partial charge in [-0.05, 0) is 30.7 Å². The van der Waals surface area contributed by atoms with Crippen molar-refractivity contribution >= 4 is 21.8 Å². The molecule has 0 spiro atoms. The molecule has 0 unspecified atom stereocenters. The van der Waals surface area contributed by atoms with Gasteiger partial charge in [0.1, 0.15) is 5.75 Å². The van der Waals surface area contributed by atoms with Crippen molar-refractivity contribution in [2.24, 2.45) is 0 Å². The van der Waals surface area contributed by atoms with Crippen LogP contribution < -0.4 is 4.74 Å². The number of aryl methyl sites for hydroxylation is 1. The number of nitrogens with zero attached hydrogens (tertiary/aromatic N) is 1. The second kappa shape index (κ2) is 6.13. The normalized spacial score (nSPS) is 10.4. The molecule has 1 aromatic heterocycles. The second-order valence-corrected chi connectivity index (χ2v) is 5.59. The fraction of sp³-hybridized carbons (Fsp3) is 0.267. The summed E-state index contributed by atoms with van der Waals surface area (Å²) in [5.74, 6) is 0.768. The van der Waals surface area contributed by atoms with E-state index in [9.17, 15) is 4.79 Å². The first-order chi connectivity index (χ1) is 9.52. The topological polar surface area (TPSA) is 45.3 Å². The molecular formula is C15H17BrN2O2. The molecule has 0 aliphatic rings. The number of aromatic nitrogens is 1. The number of H-pyrrole nitrogens is 1. The maximum absolute atomic E-state index is 12.4. The third-order valence-electron chi connectivity index (χ3n) is 3.18. The molecular weight excluding hydrogens is 320 g/mol. The molecule has 1 heterocycles. The van der Waals surface area contributed by atoms with E-state index in [1.165, 1.54) is 0 Å². The molecule has 2 aromatic rings. The van der Waals surface area contributed by atoms with Gasteiger partial charge in [-0.2, -0.15) is 0 Å². The Hall–Kier alpha value is -1.75. The largest absolute Gasteiger partial charge is 0.496 e. The molecule has 0 saturated carbocycles. The molecule has 0 aliphatic carbocycles. The van der Waals surface area contributed by atoms with Gasteiger partial charge in [-0.15, -0.1) is 0 Å². The van der Waals surface area contributed by atoms with E-state index in [1.807, 2.05) is 31.3 Å². The minimum absolute atomic E-state index is 0.00854. The van der Waals surface area contributed by atoms with E-state index < -0.39 is 0 Å². The molecule has 0 atom stereocenters. The summed E-state index contributed by atoms with van der Waals surface area (Å²) in [5.41, 5.74) is 2.61. The lowest BCUT2D eigenvalue weighted by molar-refractivity contribution is 0.0783. The number of aromatic amines is 1. The van der Waals surface area contributed by atoms with Gasteiger partial charge < -0.3 is 14.6 Å². The quantitative estimate of drug-likeness (QED) is 0.930. The van der Waals surface area contributed by atoms with Gasteiger partial charge in [0, 0.05) is 36.0 Å². The van der Waals surface area contributed by atoms with Crippen molar-refractivity contribution in [1.82, 2.24) is 9.88 Å². The lowest BCUT2D eigenvalue weighted by Crippen LogP contribution is -2.26. The van der Waals surface area contributed by atoms with Crippen LogP contribution in [-0.4, -0.2) is 29.9 Å². The molecule has 2 rings (SSSR count). The summed E-state index contributed by atoms with van der Waals surface area (Å²) in [4.78, 5) is 17.0. The fourth-order valence-corrected chi connectivity index (χ4v) is 2.48. The Morgan fingerprint density at radius 2 is 2.15 bits per heavy atom. The van der Waals surface area contributed by atoms with Crippen molar-refractivity contribution in [3.8, 4) is 5.75 Å². The molecule has 20 heavy (non-hydrogen) atoms. The molecule has 0 radical (unpaired) electrons. The van der Waals surface area contributed by atoms with E-state index in [1.54, 1.807) is 25.3 Å². The van der Waals surface area contributed by atoms with Crippen LogP contribution in [0.15, 0.2) is 35.1 Å². The fourth-order valence-electron chi connectivity index (χ4n) is 2.08. The van der Waals surface area contributed by atoms with Crippen molar-refractivity contribution in [1.29, 1.82) is 0 Å². The van der Waals surface area contributed by atoms with Crippen molar-refractivity contribution in [2.75, 3.05) is 14.2 Å². The number of halogens is 1. The van der Waals surface area contributed by atoms with E-state index in [-0.39, 0.29) is 5.91 Å². The van der Waals surface area contributed by atoms with Crippen molar-refractivity contribution < 1.29 is 9.53 Å². The number of carbonyl (C=O) groups excluding carboxylic acids is 1. The smallest absolute Gasteiger partial charge is 0.255 e. The molecule has 0 saturated heterocycles. The first-order valence-electron chi connectivity index (χ1n) is 6.24. The van der Waals surface area contributed by atoms with Crippen LogP contribution in [0.4, 0.5) is 0 Å². The molecule has 5 heteroatoms. The van der Waals surface area contributed by atoms with Gasteiger partial charge in [0.2, 0.25) is 0 Å². The number of hydrogen-bond acceptors (Lipinski definition) is 2. The highest BCUT2D eigenvalue weighted by molar-refractivity contribution is 9.10. The van der Waals surface area contributed by atoms with Gasteiger partial charge in [0.25, 0.3) is 5.91 Å². The van der Waals surface area contributed by atoms with Crippen LogP contribution in [0.5, 0.6) is 5.75 Å². The van der Waals surface area contributed by atoms with E-state index in [0.717, 1.165) is 21.3 Å². The van der Waals surface area contributed by atoms with Gasteiger partial charge in [-0.1, -0.05) is 15.9 Å². The third-order valence-corrected chi connectivity index (χ3v) is 3.67. The summed E-state index contributed by atoms with van der Waals surface area (Å²) in [6, 6.07) is 5.77. The molecule has 106 valence electrons. The van der Waals surface area contributed by atoms with Crippen molar-refractivity contribution in [3.05, 3.63) is 51.8 Å². The van der Waals surface area contributed by atoms with Gasteiger partial charge in [0.15, 0.2) is 0 Å². The Balaban J connectivity index is 2.20. The standard InChI is InChI=1S/C15H17BrN2O2/c1-10-7-17-8-13(10)15(19)18(2)9-11-6-12(16)4-5-14(11)20-3/h4-8,17H,9H2,1-3H3. The summed E-state index contributed by atoms with van der Waals surface area (Å²) in [5, 5.41) is 0. The highest BCUT2D eigenvalue weighted by Crippen LogP contribution is 2.24. The number of benzene rings is 1. The SMILES string of the molecule is COc1ccc(Br)cc1CN(C)C(=O)c1c[nH]cc1C. The van der Waals surface area contributed by atoms with E-state index in [0.29, 0.717) is 12.1 Å². The lowest BCUT2D eigenvalue weighted by Gasteiger charge is -2.19. The number of ether oxygens (including phenoxy) is 1. The zero-order chi connectivity index (χ0) is 14.7. The zero-order valence-corrected chi connectivity index (χ0v) is 13.3. The van der Waals surface area contributed by atoms with Gasteiger partial charge in [-0.3, -0.25) is 4.79 Å². The van der Waals surface area contributed by atoms with E-state index >= 15 is 0 Å². The summed E-state index contributed by atoms with van der Waals surface area (Å²) in [7, 11) is 3.42. The monoisotopic (exact) mass is 336 g/mol. The lowest BCUT2D eigenvalue weighted by atomic mass is 10.1. The Kier molecular flexibility index (Phi) is 4.49. The van der Waals surface area contributed by atoms with E-state index in [2.05, 4.69) is 20.9 Å². The molecule has 1 amide bonds. The van der Waals surface area contributed by atoms with Crippen LogP contribution in [0.3, 0.4) is 0 Å². The maximum Gasteiger partial charge on any atom is 0.255 e. The van der Waals surface area contributed by atoms with Crippen LogP contribution in [-0.2, 0) is 6.54 Å². The van der Waals surface area contributed by atoms with Gasteiger partial charge in [-0.25, -0.2) is 0 Å². The Morgan fingerprint density at radius 1 is 1.40 bits per heavy atom. The number of hydrogen-bond donors (Lipinski definition) is 1. The predicted molar refractivity (Wildman–Crippen MR) is 82.0 cm³/mol. The first kappa shape index (κ1) is 14.7. The summed E-state index contributed by atoms with van der Waals surface area (Å²) < 4.78 is 6.30. The number of rotatable bonds is 4. The van der Waals surface area contributed by atoms with Gasteiger partial charge >= 0.3 is 0 Å². The number of carbonyl (C=O) groups is 1. The predicted octanol–water partition coefficient (Wildman–Crippen LogP) is 3.37. The minimum Gasteiger partial charge on any atom is -0.496 e. The highest BCUT2D eigenvalue weighted by atomic mass is 79.9. The van der Waals surface area contributed by atoms with Crippen LogP contribution in [0.2, 0.25) is 0 Å². The summed E-state index contributed by atoms with van der Waals surface area (Å²) in [6.45, 7) is 2.41. The Bertz CT molecular complexity index is 622. The van der Waals surface area contributed by atoms with Crippen LogP contribution in [0.25, 0.3) is 0 Å². The van der Waals surface area contributed by atoms with Gasteiger partial charge in [0.05, 0.1) is 12.7 Å². The third kappa shape index (κ3) is 3.04. The number of nitrogens with one attached hydrogen (secondary N) is 1. The Morgan fingerprint density at radius 3 is 2.75 bits per heavy atom. The number of amides is 1. The van der Waals surface area contributed by atoms with Crippen LogP contribution >= 0.6 is 15.9 Å². The summed E-state index contributed by atoms with van der Waals surface area (Å²) >= 11 is 3.44. The molecule has 4 nitrogen and oxygen atoms in total. The highest BCUT2D eigenvalue weighted by Gasteiger charge is 2.16. The molecule has 0 bridgehead atoms. The van der Waals surface area contributed by atoms with Crippen LogP contribution in [0, 0.1) is 6.92 Å². The van der Waals surface area contributed by atoms with E-state index in [4.69, 9.17) is 4.74 Å². The average molecular weight is 337 g/mol. The second-order valence-electron chi connectivity index (χ2n) is 4.67. The molecule has 0 aliphatic heterocycles. The van der Waals surface area contributed by atoms with Crippen LogP contribution in [0.1, 0.15) is 21.5 Å². The summed E-state index contributed by atoms with van der Waals surface area (Å²) in [6.07, 6.45) is 3.55. The maximum atomic E-state index is 12.4. The van der Waals surface area contributed by atoms with Crippen molar-refractivity contribution in [3.63, 3.8) is 0 Å². The zero-order valence-electron chi connectivity index (χ0n) is 11.7. The average Bonchev–Trinajstić information content (AvgIpc) is 2.84. The van der Waals surface area contributed by atoms with Crippen molar-refractivity contribution in [2.45, 2.75) is 13.5 Å². The minimum atomic E-state index is -0.00854.